The number of rotatable bonds is 2. The smallest absolute Gasteiger partial charge is 0.123 e. The highest BCUT2D eigenvalue weighted by Crippen LogP contribution is 2.12. The molecule has 0 saturated heterocycles. The Bertz CT molecular complexity index is 302. The summed E-state index contributed by atoms with van der Waals surface area (Å²) < 4.78 is 10.3. The molecule has 0 unspecified atom stereocenters. The summed E-state index contributed by atoms with van der Waals surface area (Å²) in [5, 5.41) is 0. The van der Waals surface area contributed by atoms with Gasteiger partial charge in [0.25, 0.3) is 0 Å². The van der Waals surface area contributed by atoms with Gasteiger partial charge in [0.15, 0.2) is 0 Å². The standard InChI is InChI=1S/C11H14O2/c1-9-4-5-10(12-2)6-7-11(8-9)13-3/h5-6,8H,7H2,1-3H3/b10-6+,11-8+. The number of hydrogen-bond donors (Lipinski definition) is 0. The van der Waals surface area contributed by atoms with Crippen molar-refractivity contribution in [3.05, 3.63) is 41.1 Å². The van der Waals surface area contributed by atoms with Gasteiger partial charge in [-0.2, -0.15) is 0 Å². The van der Waals surface area contributed by atoms with Crippen molar-refractivity contribution in [2.45, 2.75) is 13.3 Å². The summed E-state index contributed by atoms with van der Waals surface area (Å²) in [7, 11) is 3.32. The zero-order valence-electron chi connectivity index (χ0n) is 8.26. The second kappa shape index (κ2) is 4.58. The molecule has 0 spiro atoms. The van der Waals surface area contributed by atoms with E-state index in [1.54, 1.807) is 14.2 Å². The molecule has 2 heteroatoms. The van der Waals surface area contributed by atoms with E-state index >= 15 is 0 Å². The summed E-state index contributed by atoms with van der Waals surface area (Å²) in [4.78, 5) is 0. The predicted molar refractivity (Wildman–Crippen MR) is 52.1 cm³/mol. The molecule has 70 valence electrons. The lowest BCUT2D eigenvalue weighted by molar-refractivity contribution is 0.278. The maximum absolute atomic E-state index is 5.18. The van der Waals surface area contributed by atoms with Gasteiger partial charge in [-0.25, -0.2) is 0 Å². The van der Waals surface area contributed by atoms with Crippen molar-refractivity contribution < 1.29 is 9.47 Å². The van der Waals surface area contributed by atoms with Gasteiger partial charge in [-0.05, 0) is 24.6 Å². The van der Waals surface area contributed by atoms with Crippen LogP contribution in [-0.4, -0.2) is 14.2 Å². The van der Waals surface area contributed by atoms with Crippen LogP contribution in [0.4, 0.5) is 0 Å². The normalized spacial score (nSPS) is 24.4. The average Bonchev–Trinajstić information content (AvgIpc) is 2.12. The Morgan fingerprint density at radius 3 is 2.69 bits per heavy atom. The van der Waals surface area contributed by atoms with E-state index in [1.165, 1.54) is 0 Å². The summed E-state index contributed by atoms with van der Waals surface area (Å²) in [6, 6.07) is 0. The molecule has 0 aromatic heterocycles. The van der Waals surface area contributed by atoms with Crippen LogP contribution in [0.3, 0.4) is 0 Å². The van der Waals surface area contributed by atoms with Crippen LogP contribution in [0.2, 0.25) is 0 Å². The lowest BCUT2D eigenvalue weighted by atomic mass is 10.2. The topological polar surface area (TPSA) is 18.5 Å². The molecule has 0 saturated carbocycles. The molecular weight excluding hydrogens is 164 g/mol. The van der Waals surface area contributed by atoms with E-state index in [-0.39, 0.29) is 0 Å². The average molecular weight is 178 g/mol. The third-order valence-electron chi connectivity index (χ3n) is 1.82. The first-order valence-electron chi connectivity index (χ1n) is 4.18. The number of methoxy groups -OCH3 is 2. The van der Waals surface area contributed by atoms with E-state index in [2.05, 4.69) is 5.73 Å². The molecule has 1 aliphatic carbocycles. The monoisotopic (exact) mass is 178 g/mol. The first-order valence-corrected chi connectivity index (χ1v) is 4.18. The Morgan fingerprint density at radius 1 is 1.31 bits per heavy atom. The maximum atomic E-state index is 5.18. The third kappa shape index (κ3) is 2.85. The maximum Gasteiger partial charge on any atom is 0.123 e. The van der Waals surface area contributed by atoms with Gasteiger partial charge in [-0.1, -0.05) is 0 Å². The number of hydrogen-bond acceptors (Lipinski definition) is 2. The van der Waals surface area contributed by atoms with Crippen molar-refractivity contribution in [1.82, 2.24) is 0 Å². The van der Waals surface area contributed by atoms with Crippen molar-refractivity contribution >= 4 is 0 Å². The minimum absolute atomic E-state index is 0.759. The number of allylic oxidation sites excluding steroid dienone is 3. The fraction of sp³-hybridized carbons (Fsp3) is 0.364. The first kappa shape index (κ1) is 9.69. The molecular formula is C11H14O2. The molecule has 0 atom stereocenters. The van der Waals surface area contributed by atoms with Crippen molar-refractivity contribution in [1.29, 1.82) is 0 Å². The van der Waals surface area contributed by atoms with Gasteiger partial charge in [-0.3, -0.25) is 0 Å². The minimum atomic E-state index is 0.759. The largest absolute Gasteiger partial charge is 0.501 e. The lowest BCUT2D eigenvalue weighted by Gasteiger charge is -2.06. The Labute approximate surface area is 78.9 Å². The van der Waals surface area contributed by atoms with Crippen LogP contribution in [0.15, 0.2) is 41.1 Å². The fourth-order valence-electron chi connectivity index (χ4n) is 1.07. The van der Waals surface area contributed by atoms with Gasteiger partial charge in [0.05, 0.1) is 14.2 Å². The third-order valence-corrected chi connectivity index (χ3v) is 1.82. The molecule has 0 aliphatic heterocycles. The van der Waals surface area contributed by atoms with Crippen molar-refractivity contribution in [2.24, 2.45) is 0 Å². The van der Waals surface area contributed by atoms with Gasteiger partial charge in [-0.15, -0.1) is 5.73 Å². The Morgan fingerprint density at radius 2 is 2.08 bits per heavy atom. The molecule has 0 amide bonds. The molecule has 0 N–H and O–H groups in total. The van der Waals surface area contributed by atoms with E-state index in [0.717, 1.165) is 23.5 Å². The SMILES string of the molecule is CO/C1=C/C/C(OC)=C\C(C)=C=C1. The zero-order valence-corrected chi connectivity index (χ0v) is 8.26. The molecule has 2 nitrogen and oxygen atoms in total. The lowest BCUT2D eigenvalue weighted by Crippen LogP contribution is -1.90. The van der Waals surface area contributed by atoms with Crippen LogP contribution in [-0.2, 0) is 9.47 Å². The van der Waals surface area contributed by atoms with Gasteiger partial charge >= 0.3 is 0 Å². The van der Waals surface area contributed by atoms with E-state index < -0.39 is 0 Å². The fourth-order valence-corrected chi connectivity index (χ4v) is 1.07. The van der Waals surface area contributed by atoms with Gasteiger partial charge in [0, 0.05) is 12.5 Å². The van der Waals surface area contributed by atoms with Crippen molar-refractivity contribution in [2.75, 3.05) is 14.2 Å². The van der Waals surface area contributed by atoms with Crippen LogP contribution < -0.4 is 0 Å². The van der Waals surface area contributed by atoms with Gasteiger partial charge < -0.3 is 9.47 Å². The van der Waals surface area contributed by atoms with Crippen LogP contribution in [0, 0.1) is 0 Å². The first-order chi connectivity index (χ1) is 6.26. The van der Waals surface area contributed by atoms with Crippen LogP contribution >= 0.6 is 0 Å². The minimum Gasteiger partial charge on any atom is -0.501 e. The molecule has 0 fully saturated rings. The molecule has 0 aromatic carbocycles. The van der Waals surface area contributed by atoms with E-state index in [4.69, 9.17) is 9.47 Å². The second-order valence-corrected chi connectivity index (χ2v) is 2.80. The molecule has 1 aliphatic rings. The zero-order chi connectivity index (χ0) is 9.68. The Balaban J connectivity index is 2.97. The summed E-state index contributed by atoms with van der Waals surface area (Å²) >= 11 is 0. The molecule has 0 heterocycles. The van der Waals surface area contributed by atoms with Crippen molar-refractivity contribution in [3.63, 3.8) is 0 Å². The molecule has 0 radical (unpaired) electrons. The van der Waals surface area contributed by atoms with Crippen LogP contribution in [0.25, 0.3) is 0 Å². The van der Waals surface area contributed by atoms with E-state index in [1.807, 2.05) is 25.2 Å². The van der Waals surface area contributed by atoms with Gasteiger partial charge in [0.1, 0.15) is 11.5 Å². The molecule has 0 aromatic rings. The predicted octanol–water partition coefficient (Wildman–Crippen LogP) is 2.55. The van der Waals surface area contributed by atoms with E-state index in [0.29, 0.717) is 0 Å². The highest BCUT2D eigenvalue weighted by Gasteiger charge is 1.98. The number of ether oxygens (including phenoxy) is 2. The van der Waals surface area contributed by atoms with Gasteiger partial charge in [0.2, 0.25) is 0 Å². The Kier molecular flexibility index (Phi) is 3.41. The second-order valence-electron chi connectivity index (χ2n) is 2.80. The highest BCUT2D eigenvalue weighted by molar-refractivity contribution is 5.26. The van der Waals surface area contributed by atoms with E-state index in [9.17, 15) is 0 Å². The molecule has 1 rings (SSSR count). The summed E-state index contributed by atoms with van der Waals surface area (Å²) in [6.07, 6.45) is 6.53. The molecule has 13 heavy (non-hydrogen) atoms. The van der Waals surface area contributed by atoms with Crippen LogP contribution in [0.1, 0.15) is 13.3 Å². The van der Waals surface area contributed by atoms with Crippen LogP contribution in [0.5, 0.6) is 0 Å². The summed E-state index contributed by atoms with van der Waals surface area (Å²) in [6.45, 7) is 1.98. The highest BCUT2D eigenvalue weighted by atomic mass is 16.5. The summed E-state index contributed by atoms with van der Waals surface area (Å²) in [5.74, 6) is 1.75. The molecule has 0 bridgehead atoms. The Hall–Kier alpha value is -1.40. The quantitative estimate of drug-likeness (QED) is 0.605. The van der Waals surface area contributed by atoms with Crippen molar-refractivity contribution in [3.8, 4) is 0 Å². The summed E-state index contributed by atoms with van der Waals surface area (Å²) in [5.41, 5.74) is 4.13.